The highest BCUT2D eigenvalue weighted by Crippen LogP contribution is 2.27. The molecule has 4 nitrogen and oxygen atoms in total. The lowest BCUT2D eigenvalue weighted by Crippen LogP contribution is -2.26. The van der Waals surface area contributed by atoms with Crippen molar-refractivity contribution in [2.75, 3.05) is 11.9 Å². The minimum absolute atomic E-state index is 0.133. The number of rotatable bonds is 9. The van der Waals surface area contributed by atoms with Gasteiger partial charge in [0, 0.05) is 25.1 Å². The Balaban J connectivity index is 1.67. The quantitative estimate of drug-likeness (QED) is 0.357. The Hall–Kier alpha value is -1.21. The van der Waals surface area contributed by atoms with Gasteiger partial charge in [-0.3, -0.25) is 0 Å². The summed E-state index contributed by atoms with van der Waals surface area (Å²) < 4.78 is 43.1. The van der Waals surface area contributed by atoms with Crippen LogP contribution in [0.15, 0.2) is 16.5 Å². The van der Waals surface area contributed by atoms with Crippen LogP contribution in [0.5, 0.6) is 0 Å². The van der Waals surface area contributed by atoms with Gasteiger partial charge < -0.3 is 9.87 Å². The lowest BCUT2D eigenvalue weighted by Gasteiger charge is -2.18. The van der Waals surface area contributed by atoms with Crippen molar-refractivity contribution in [2.45, 2.75) is 82.8 Å². The predicted molar refractivity (Wildman–Crippen MR) is 109 cm³/mol. The number of nitrogens with one attached hydrogen (secondary N) is 1. The second-order valence-electron chi connectivity index (χ2n) is 8.09. The number of aryl methyl sites for hydroxylation is 2. The monoisotopic (exact) mass is 399 g/mol. The SMILES string of the molecule is CC(C)(C)[S@+]([O-])N=CCCC(F)(F)CCCCc1ccc2c(n1)NCCC2. The van der Waals surface area contributed by atoms with Gasteiger partial charge in [-0.05, 0) is 70.9 Å². The number of hydrogen-bond donors (Lipinski definition) is 1. The highest BCUT2D eigenvalue weighted by atomic mass is 32.2. The van der Waals surface area contributed by atoms with E-state index >= 15 is 0 Å². The van der Waals surface area contributed by atoms with Gasteiger partial charge in [0.25, 0.3) is 0 Å². The zero-order valence-electron chi connectivity index (χ0n) is 16.6. The average Bonchev–Trinajstić information content (AvgIpc) is 2.61. The molecule has 0 amide bonds. The number of nitrogens with zero attached hydrogens (tertiary/aromatic N) is 2. The van der Waals surface area contributed by atoms with Crippen molar-refractivity contribution in [1.29, 1.82) is 0 Å². The lowest BCUT2D eigenvalue weighted by atomic mass is 10.0. The maximum atomic E-state index is 14.0. The van der Waals surface area contributed by atoms with Crippen LogP contribution in [0, 0.1) is 0 Å². The van der Waals surface area contributed by atoms with E-state index in [4.69, 9.17) is 0 Å². The second kappa shape index (κ2) is 9.82. The van der Waals surface area contributed by atoms with Crippen LogP contribution in [0.4, 0.5) is 14.6 Å². The normalized spacial score (nSPS) is 16.2. The molecule has 1 atom stereocenters. The van der Waals surface area contributed by atoms with Crippen molar-refractivity contribution in [3.63, 3.8) is 0 Å². The van der Waals surface area contributed by atoms with Gasteiger partial charge in [0.2, 0.25) is 5.92 Å². The highest BCUT2D eigenvalue weighted by Gasteiger charge is 2.28. The van der Waals surface area contributed by atoms with E-state index in [0.29, 0.717) is 12.8 Å². The van der Waals surface area contributed by atoms with Gasteiger partial charge in [0.15, 0.2) is 0 Å². The summed E-state index contributed by atoms with van der Waals surface area (Å²) in [7, 11) is 0. The number of anilines is 1. The maximum Gasteiger partial charge on any atom is 0.248 e. The molecule has 0 radical (unpaired) electrons. The Bertz CT molecular complexity index is 632. The fourth-order valence-electron chi connectivity index (χ4n) is 2.88. The molecule has 0 saturated carbocycles. The number of hydrogen-bond acceptors (Lipinski definition) is 4. The van der Waals surface area contributed by atoms with Gasteiger partial charge in [-0.2, -0.15) is 0 Å². The van der Waals surface area contributed by atoms with E-state index < -0.39 is 22.0 Å². The fraction of sp³-hybridized carbons (Fsp3) is 0.700. The molecule has 0 unspecified atom stereocenters. The first-order chi connectivity index (χ1) is 12.7. The molecule has 2 rings (SSSR count). The third-order valence-electron chi connectivity index (χ3n) is 4.51. The van der Waals surface area contributed by atoms with E-state index in [2.05, 4.69) is 20.8 Å². The van der Waals surface area contributed by atoms with Crippen molar-refractivity contribution in [3.05, 3.63) is 23.4 Å². The summed E-state index contributed by atoms with van der Waals surface area (Å²) in [6, 6.07) is 4.11. The average molecular weight is 400 g/mol. The van der Waals surface area contributed by atoms with Crippen LogP contribution in [-0.2, 0) is 24.2 Å². The van der Waals surface area contributed by atoms with Gasteiger partial charge in [-0.1, -0.05) is 10.5 Å². The summed E-state index contributed by atoms with van der Waals surface area (Å²) in [5.74, 6) is -1.75. The minimum Gasteiger partial charge on any atom is -0.591 e. The van der Waals surface area contributed by atoms with Crippen LogP contribution in [0.3, 0.4) is 0 Å². The largest absolute Gasteiger partial charge is 0.591 e. The van der Waals surface area contributed by atoms with Gasteiger partial charge in [0.1, 0.15) is 21.9 Å². The van der Waals surface area contributed by atoms with Crippen LogP contribution in [0.25, 0.3) is 0 Å². The summed E-state index contributed by atoms with van der Waals surface area (Å²) in [6.45, 7) is 6.37. The number of unbranched alkanes of at least 4 members (excludes halogenated alkanes) is 1. The topological polar surface area (TPSA) is 60.3 Å². The first-order valence-electron chi connectivity index (χ1n) is 9.72. The number of pyridine rings is 1. The summed E-state index contributed by atoms with van der Waals surface area (Å²) in [6.07, 6.45) is 5.19. The molecule has 0 fully saturated rings. The third kappa shape index (κ3) is 7.74. The lowest BCUT2D eigenvalue weighted by molar-refractivity contribution is -0.0161. The molecule has 1 N–H and O–H groups in total. The highest BCUT2D eigenvalue weighted by molar-refractivity contribution is 7.91. The summed E-state index contributed by atoms with van der Waals surface area (Å²) in [5.41, 5.74) is 2.20. The number of aromatic nitrogens is 1. The van der Waals surface area contributed by atoms with Crippen molar-refractivity contribution < 1.29 is 13.3 Å². The first-order valence-corrected chi connectivity index (χ1v) is 10.8. The van der Waals surface area contributed by atoms with E-state index in [1.54, 1.807) is 0 Å². The molecule has 152 valence electrons. The Labute approximate surface area is 164 Å². The van der Waals surface area contributed by atoms with Crippen molar-refractivity contribution >= 4 is 23.4 Å². The number of alkyl halides is 2. The number of halogens is 2. The molecule has 0 aliphatic carbocycles. The van der Waals surface area contributed by atoms with Gasteiger partial charge in [-0.15, -0.1) is 0 Å². The molecular formula is C20H31F2N3OS. The fourth-order valence-corrected chi connectivity index (χ4v) is 3.43. The molecule has 2 heterocycles. The van der Waals surface area contributed by atoms with Crippen molar-refractivity contribution in [1.82, 2.24) is 4.98 Å². The second-order valence-corrected chi connectivity index (χ2v) is 10.0. The van der Waals surface area contributed by atoms with Gasteiger partial charge in [0.05, 0.1) is 6.21 Å². The molecule has 27 heavy (non-hydrogen) atoms. The molecule has 0 bridgehead atoms. The van der Waals surface area contributed by atoms with Crippen molar-refractivity contribution in [2.24, 2.45) is 4.40 Å². The number of fused-ring (bicyclic) bond motifs is 1. The standard InChI is InChI=1S/C20H31F2N3OS/c1-19(2,3)27(26)24-15-7-13-20(21,22)12-5-4-9-17-11-10-16-8-6-14-23-18(16)25-17/h10-11,15H,4-9,12-14H2,1-3H3,(H,23,25)/t27-/m0/s1. The first kappa shape index (κ1) is 22.1. The third-order valence-corrected chi connectivity index (χ3v) is 5.90. The zero-order valence-corrected chi connectivity index (χ0v) is 17.4. The van der Waals surface area contributed by atoms with Crippen LogP contribution in [0.1, 0.15) is 70.6 Å². The molecule has 0 aromatic carbocycles. The van der Waals surface area contributed by atoms with Crippen LogP contribution in [-0.4, -0.2) is 33.0 Å². The molecule has 0 saturated heterocycles. The minimum atomic E-state index is -2.71. The van der Waals surface area contributed by atoms with E-state index in [9.17, 15) is 13.3 Å². The van der Waals surface area contributed by atoms with E-state index in [0.717, 1.165) is 37.3 Å². The van der Waals surface area contributed by atoms with E-state index in [1.165, 1.54) is 11.8 Å². The molecule has 1 aliphatic heterocycles. The smallest absolute Gasteiger partial charge is 0.248 e. The Morgan fingerprint density at radius 3 is 2.78 bits per heavy atom. The van der Waals surface area contributed by atoms with Crippen LogP contribution >= 0.6 is 0 Å². The Kier molecular flexibility index (Phi) is 8.04. The summed E-state index contributed by atoms with van der Waals surface area (Å²) in [5, 5.41) is 3.30. The predicted octanol–water partition coefficient (Wildman–Crippen LogP) is 5.10. The van der Waals surface area contributed by atoms with Gasteiger partial charge in [-0.25, -0.2) is 13.8 Å². The van der Waals surface area contributed by atoms with Gasteiger partial charge >= 0.3 is 0 Å². The van der Waals surface area contributed by atoms with Crippen LogP contribution < -0.4 is 5.32 Å². The Morgan fingerprint density at radius 1 is 1.26 bits per heavy atom. The van der Waals surface area contributed by atoms with E-state index in [-0.39, 0.29) is 19.3 Å². The maximum absolute atomic E-state index is 14.0. The summed E-state index contributed by atoms with van der Waals surface area (Å²) >= 11 is -1.38. The molecule has 1 aliphatic rings. The summed E-state index contributed by atoms with van der Waals surface area (Å²) in [4.78, 5) is 4.60. The molecular weight excluding hydrogens is 368 g/mol. The molecule has 0 spiro atoms. The molecule has 7 heteroatoms. The zero-order chi connectivity index (χ0) is 19.9. The van der Waals surface area contributed by atoms with Crippen molar-refractivity contribution in [3.8, 4) is 0 Å². The van der Waals surface area contributed by atoms with Crippen LogP contribution in [0.2, 0.25) is 0 Å². The molecule has 1 aromatic heterocycles. The van der Waals surface area contributed by atoms with E-state index in [1.807, 2.05) is 26.8 Å². The molecule has 1 aromatic rings. The Morgan fingerprint density at radius 2 is 2.04 bits per heavy atom.